The van der Waals surface area contributed by atoms with Gasteiger partial charge in [0, 0.05) is 5.02 Å². The number of aliphatic hydroxyl groups excluding tert-OH is 1. The number of carbonyl (C=O) groups excluding carboxylic acids is 1. The second kappa shape index (κ2) is 4.80. The van der Waals surface area contributed by atoms with Crippen molar-refractivity contribution in [3.63, 3.8) is 0 Å². The molecule has 2 aliphatic carbocycles. The fraction of sp³-hybridized carbons (Fsp3) is 0.533. The quantitative estimate of drug-likeness (QED) is 0.893. The van der Waals surface area contributed by atoms with Gasteiger partial charge in [0.2, 0.25) is 5.91 Å². The monoisotopic (exact) mass is 279 g/mol. The molecule has 0 unspecified atom stereocenters. The maximum atomic E-state index is 12.5. The van der Waals surface area contributed by atoms with Crippen LogP contribution in [0.5, 0.6) is 0 Å². The largest absolute Gasteiger partial charge is 0.391 e. The van der Waals surface area contributed by atoms with E-state index in [0.717, 1.165) is 37.7 Å². The Kier molecular flexibility index (Phi) is 3.27. The number of rotatable bonds is 3. The van der Waals surface area contributed by atoms with Crippen molar-refractivity contribution >= 4 is 17.5 Å². The molecule has 0 heterocycles. The van der Waals surface area contributed by atoms with Crippen LogP contribution >= 0.6 is 11.6 Å². The molecule has 102 valence electrons. The van der Waals surface area contributed by atoms with Gasteiger partial charge in [0.15, 0.2) is 0 Å². The molecule has 0 saturated heterocycles. The Bertz CT molecular complexity index is 481. The van der Waals surface area contributed by atoms with Crippen molar-refractivity contribution < 1.29 is 9.90 Å². The van der Waals surface area contributed by atoms with Crippen molar-refractivity contribution in [1.82, 2.24) is 5.32 Å². The third-order valence-corrected chi connectivity index (χ3v) is 4.63. The van der Waals surface area contributed by atoms with E-state index in [1.807, 2.05) is 24.3 Å². The molecule has 0 radical (unpaired) electrons. The van der Waals surface area contributed by atoms with Crippen LogP contribution in [-0.2, 0) is 10.2 Å². The van der Waals surface area contributed by atoms with E-state index in [1.165, 1.54) is 0 Å². The van der Waals surface area contributed by atoms with E-state index < -0.39 is 0 Å². The lowest BCUT2D eigenvalue weighted by Gasteiger charge is -2.21. The summed E-state index contributed by atoms with van der Waals surface area (Å²) in [6.45, 7) is 0. The summed E-state index contributed by atoms with van der Waals surface area (Å²) in [7, 11) is 0. The number of hydrogen-bond acceptors (Lipinski definition) is 2. The molecule has 1 aromatic carbocycles. The summed E-state index contributed by atoms with van der Waals surface area (Å²) in [5, 5.41) is 13.5. The van der Waals surface area contributed by atoms with Crippen molar-refractivity contribution in [2.24, 2.45) is 0 Å². The average molecular weight is 280 g/mol. The van der Waals surface area contributed by atoms with Crippen LogP contribution in [0.15, 0.2) is 24.3 Å². The van der Waals surface area contributed by atoms with Gasteiger partial charge in [-0.1, -0.05) is 23.7 Å². The number of halogens is 1. The van der Waals surface area contributed by atoms with Crippen molar-refractivity contribution in [2.45, 2.75) is 49.7 Å². The van der Waals surface area contributed by atoms with Crippen LogP contribution < -0.4 is 5.32 Å². The third-order valence-electron chi connectivity index (χ3n) is 4.38. The summed E-state index contributed by atoms with van der Waals surface area (Å²) >= 11 is 5.88. The first-order valence-corrected chi connectivity index (χ1v) is 7.25. The molecule has 2 atom stereocenters. The van der Waals surface area contributed by atoms with E-state index >= 15 is 0 Å². The number of benzene rings is 1. The molecular formula is C15H18ClNO2. The zero-order valence-corrected chi connectivity index (χ0v) is 11.5. The van der Waals surface area contributed by atoms with Gasteiger partial charge in [0.05, 0.1) is 17.6 Å². The van der Waals surface area contributed by atoms with Crippen molar-refractivity contribution in [2.75, 3.05) is 0 Å². The van der Waals surface area contributed by atoms with E-state index in [1.54, 1.807) is 0 Å². The SMILES string of the molecule is O=C(N[C@H]1CCC[C@@H]1O)C1(c2ccc(Cl)cc2)CC1. The number of nitrogens with one attached hydrogen (secondary N) is 1. The Hall–Kier alpha value is -1.06. The molecule has 0 bridgehead atoms. The summed E-state index contributed by atoms with van der Waals surface area (Å²) in [5.41, 5.74) is 0.647. The molecule has 4 heteroatoms. The molecular weight excluding hydrogens is 262 g/mol. The molecule has 1 aromatic rings. The van der Waals surface area contributed by atoms with E-state index in [2.05, 4.69) is 5.32 Å². The molecule has 0 spiro atoms. The lowest BCUT2D eigenvalue weighted by atomic mass is 9.94. The van der Waals surface area contributed by atoms with E-state index in [0.29, 0.717) is 5.02 Å². The highest BCUT2D eigenvalue weighted by molar-refractivity contribution is 6.30. The highest BCUT2D eigenvalue weighted by atomic mass is 35.5. The predicted molar refractivity (Wildman–Crippen MR) is 74.2 cm³/mol. The van der Waals surface area contributed by atoms with Gasteiger partial charge in [-0.25, -0.2) is 0 Å². The first-order chi connectivity index (χ1) is 9.12. The molecule has 2 fully saturated rings. The van der Waals surface area contributed by atoms with Crippen molar-refractivity contribution in [3.8, 4) is 0 Å². The first-order valence-electron chi connectivity index (χ1n) is 6.87. The van der Waals surface area contributed by atoms with Gasteiger partial charge in [-0.15, -0.1) is 0 Å². The summed E-state index contributed by atoms with van der Waals surface area (Å²) in [6, 6.07) is 7.45. The predicted octanol–water partition coefficient (Wildman–Crippen LogP) is 2.40. The van der Waals surface area contributed by atoms with Gasteiger partial charge < -0.3 is 10.4 Å². The Morgan fingerprint density at radius 3 is 2.47 bits per heavy atom. The Labute approximate surface area is 118 Å². The van der Waals surface area contributed by atoms with Crippen LogP contribution in [0.4, 0.5) is 0 Å². The highest BCUT2D eigenvalue weighted by Gasteiger charge is 2.51. The highest BCUT2D eigenvalue weighted by Crippen LogP contribution is 2.48. The summed E-state index contributed by atoms with van der Waals surface area (Å²) in [6.07, 6.45) is 4.03. The standard InChI is InChI=1S/C15H18ClNO2/c16-11-6-4-10(5-7-11)15(8-9-15)14(19)17-12-2-1-3-13(12)18/h4-7,12-13,18H,1-3,8-9H2,(H,17,19)/t12-,13-/m0/s1. The van der Waals surface area contributed by atoms with Gasteiger partial charge in [0.25, 0.3) is 0 Å². The van der Waals surface area contributed by atoms with Crippen LogP contribution in [0.25, 0.3) is 0 Å². The molecule has 3 nitrogen and oxygen atoms in total. The molecule has 1 amide bonds. The maximum absolute atomic E-state index is 12.5. The van der Waals surface area contributed by atoms with E-state index in [-0.39, 0.29) is 23.5 Å². The Morgan fingerprint density at radius 1 is 1.26 bits per heavy atom. The topological polar surface area (TPSA) is 49.3 Å². The molecule has 0 aliphatic heterocycles. The van der Waals surface area contributed by atoms with Gasteiger partial charge in [-0.2, -0.15) is 0 Å². The molecule has 19 heavy (non-hydrogen) atoms. The maximum Gasteiger partial charge on any atom is 0.230 e. The lowest BCUT2D eigenvalue weighted by Crippen LogP contribution is -2.44. The zero-order valence-electron chi connectivity index (χ0n) is 10.7. The molecule has 0 aromatic heterocycles. The second-order valence-corrected chi connectivity index (χ2v) is 6.10. The summed E-state index contributed by atoms with van der Waals surface area (Å²) in [5.74, 6) is 0.0563. The van der Waals surface area contributed by atoms with Crippen molar-refractivity contribution in [3.05, 3.63) is 34.9 Å². The molecule has 2 saturated carbocycles. The zero-order chi connectivity index (χ0) is 13.5. The minimum atomic E-state index is -0.384. The number of hydrogen-bond donors (Lipinski definition) is 2. The van der Waals surface area contributed by atoms with Gasteiger partial charge in [0.1, 0.15) is 0 Å². The average Bonchev–Trinajstić information content (AvgIpc) is 3.11. The molecule has 2 aliphatic rings. The van der Waals surface area contributed by atoms with Crippen LogP contribution in [-0.4, -0.2) is 23.2 Å². The third kappa shape index (κ3) is 2.37. The minimum Gasteiger partial charge on any atom is -0.391 e. The number of carbonyl (C=O) groups is 1. The van der Waals surface area contributed by atoms with E-state index in [4.69, 9.17) is 11.6 Å². The first kappa shape index (κ1) is 12.9. The van der Waals surface area contributed by atoms with Gasteiger partial charge >= 0.3 is 0 Å². The fourth-order valence-electron chi connectivity index (χ4n) is 2.96. The summed E-state index contributed by atoms with van der Waals surface area (Å²) in [4.78, 5) is 12.5. The van der Waals surface area contributed by atoms with E-state index in [9.17, 15) is 9.90 Å². The van der Waals surface area contributed by atoms with Crippen LogP contribution in [0.3, 0.4) is 0 Å². The van der Waals surface area contributed by atoms with Crippen LogP contribution in [0, 0.1) is 0 Å². The number of aliphatic hydroxyl groups is 1. The minimum absolute atomic E-state index is 0.0563. The van der Waals surface area contributed by atoms with Crippen LogP contribution in [0.2, 0.25) is 5.02 Å². The fourth-order valence-corrected chi connectivity index (χ4v) is 3.08. The Balaban J connectivity index is 1.73. The number of amides is 1. The van der Waals surface area contributed by atoms with Crippen LogP contribution in [0.1, 0.15) is 37.7 Å². The Morgan fingerprint density at radius 2 is 1.95 bits per heavy atom. The van der Waals surface area contributed by atoms with Crippen molar-refractivity contribution in [1.29, 1.82) is 0 Å². The normalized spacial score (nSPS) is 28.1. The molecule has 3 rings (SSSR count). The smallest absolute Gasteiger partial charge is 0.230 e. The van der Waals surface area contributed by atoms with Gasteiger partial charge in [-0.05, 0) is 49.8 Å². The second-order valence-electron chi connectivity index (χ2n) is 5.67. The summed E-state index contributed by atoms with van der Waals surface area (Å²) < 4.78 is 0. The lowest BCUT2D eigenvalue weighted by molar-refractivity contribution is -0.124. The van der Waals surface area contributed by atoms with Gasteiger partial charge in [-0.3, -0.25) is 4.79 Å². The molecule has 2 N–H and O–H groups in total.